The molecule has 1 aliphatic carbocycles. The molecule has 35 heavy (non-hydrogen) atoms. The maximum atomic E-state index is 14.7. The molecule has 0 spiro atoms. The van der Waals surface area contributed by atoms with Gasteiger partial charge in [-0.1, -0.05) is 35.9 Å². The minimum Gasteiger partial charge on any atom is -0.381 e. The van der Waals surface area contributed by atoms with Gasteiger partial charge >= 0.3 is 0 Å². The number of β-amino-alcohol motifs (C(OH)–C–C–N with tert-alkyl or cyclic N) is 1. The summed E-state index contributed by atoms with van der Waals surface area (Å²) >= 11 is 5.95. The molecule has 2 heterocycles. The summed E-state index contributed by atoms with van der Waals surface area (Å²) in [5, 5.41) is 18.0. The highest BCUT2D eigenvalue weighted by atomic mass is 35.5. The number of halogens is 3. The second-order valence-electron chi connectivity index (χ2n) is 8.66. The summed E-state index contributed by atoms with van der Waals surface area (Å²) in [6.07, 6.45) is 9.31. The van der Waals surface area contributed by atoms with E-state index in [1.54, 1.807) is 5.01 Å². The van der Waals surface area contributed by atoms with Gasteiger partial charge < -0.3 is 10.1 Å². The lowest BCUT2D eigenvalue weighted by Crippen LogP contribution is -2.47. The number of hydrazine groups is 1. The molecule has 0 radical (unpaired) electrons. The fraction of sp³-hybridized carbons (Fsp3) is 0.240. The number of fused-ring (bicyclic) bond motifs is 1. The number of allylic oxidation sites excluding steroid dienone is 1. The lowest BCUT2D eigenvalue weighted by molar-refractivity contribution is -0.0195. The molecule has 7 nitrogen and oxygen atoms in total. The molecule has 2 unspecified atom stereocenters. The zero-order valence-corrected chi connectivity index (χ0v) is 19.4. The molecule has 10 heteroatoms. The largest absolute Gasteiger partial charge is 0.381 e. The fourth-order valence-corrected chi connectivity index (χ4v) is 4.44. The van der Waals surface area contributed by atoms with E-state index in [1.807, 2.05) is 42.6 Å². The first kappa shape index (κ1) is 23.3. The van der Waals surface area contributed by atoms with Gasteiger partial charge in [0.25, 0.3) is 0 Å². The van der Waals surface area contributed by atoms with E-state index in [-0.39, 0.29) is 24.7 Å². The number of hydrogen-bond acceptors (Lipinski definition) is 6. The molecule has 0 bridgehead atoms. The van der Waals surface area contributed by atoms with Crippen LogP contribution in [0, 0.1) is 11.6 Å². The second kappa shape index (κ2) is 9.69. The molecular weight excluding hydrogens is 474 g/mol. The highest BCUT2D eigenvalue weighted by molar-refractivity contribution is 6.30. The first-order valence-electron chi connectivity index (χ1n) is 11.1. The summed E-state index contributed by atoms with van der Waals surface area (Å²) in [7, 11) is 0. The molecule has 2 aromatic carbocycles. The molecule has 2 atom stereocenters. The number of rotatable bonds is 7. The Morgan fingerprint density at radius 2 is 2.00 bits per heavy atom. The van der Waals surface area contributed by atoms with Gasteiger partial charge in [-0.2, -0.15) is 5.10 Å². The minimum atomic E-state index is -1.71. The van der Waals surface area contributed by atoms with Crippen LogP contribution in [0.5, 0.6) is 0 Å². The van der Waals surface area contributed by atoms with Crippen LogP contribution in [-0.2, 0) is 18.7 Å². The Morgan fingerprint density at radius 1 is 1.17 bits per heavy atom. The Morgan fingerprint density at radius 3 is 2.74 bits per heavy atom. The van der Waals surface area contributed by atoms with Crippen molar-refractivity contribution >= 4 is 17.3 Å². The van der Waals surface area contributed by atoms with Gasteiger partial charge in [0, 0.05) is 35.0 Å². The Hall–Kier alpha value is -3.40. The summed E-state index contributed by atoms with van der Waals surface area (Å²) in [5.74, 6) is -1.54. The highest BCUT2D eigenvalue weighted by Gasteiger charge is 2.37. The van der Waals surface area contributed by atoms with Gasteiger partial charge in [-0.3, -0.25) is 4.99 Å². The van der Waals surface area contributed by atoms with Crippen molar-refractivity contribution in [1.82, 2.24) is 25.2 Å². The van der Waals surface area contributed by atoms with Crippen LogP contribution >= 0.6 is 11.6 Å². The van der Waals surface area contributed by atoms with E-state index in [1.165, 1.54) is 23.4 Å². The van der Waals surface area contributed by atoms with Crippen LogP contribution < -0.4 is 5.43 Å². The van der Waals surface area contributed by atoms with Crippen molar-refractivity contribution < 1.29 is 13.9 Å². The van der Waals surface area contributed by atoms with Gasteiger partial charge in [0.15, 0.2) is 0 Å². The van der Waals surface area contributed by atoms with E-state index < -0.39 is 17.2 Å². The molecular formula is C25H23ClF2N6O. The molecule has 0 fully saturated rings. The van der Waals surface area contributed by atoms with Crippen molar-refractivity contribution in [3.63, 3.8) is 0 Å². The molecule has 1 aromatic heterocycles. The summed E-state index contributed by atoms with van der Waals surface area (Å²) < 4.78 is 29.7. The average molecular weight is 497 g/mol. The number of nitrogens with zero attached hydrogens (tertiary/aromatic N) is 5. The molecule has 0 saturated carbocycles. The quantitative estimate of drug-likeness (QED) is 0.520. The third-order valence-corrected chi connectivity index (χ3v) is 6.28. The topological polar surface area (TPSA) is 78.6 Å². The molecule has 1 aliphatic heterocycles. The van der Waals surface area contributed by atoms with Gasteiger partial charge in [-0.05, 0) is 35.4 Å². The van der Waals surface area contributed by atoms with Crippen molar-refractivity contribution in [3.05, 3.63) is 107 Å². The van der Waals surface area contributed by atoms with E-state index in [4.69, 9.17) is 16.6 Å². The summed E-state index contributed by atoms with van der Waals surface area (Å²) in [5.41, 5.74) is 4.66. The van der Waals surface area contributed by atoms with Crippen LogP contribution in [0.25, 0.3) is 0 Å². The van der Waals surface area contributed by atoms with Crippen LogP contribution in [0.2, 0.25) is 5.02 Å². The number of aromatic nitrogens is 3. The molecule has 2 N–H and O–H groups in total. The van der Waals surface area contributed by atoms with Crippen LogP contribution in [0.15, 0.2) is 84.0 Å². The lowest BCUT2D eigenvalue weighted by atomic mass is 9.92. The summed E-state index contributed by atoms with van der Waals surface area (Å²) in [6, 6.07) is 10.7. The first-order chi connectivity index (χ1) is 16.9. The van der Waals surface area contributed by atoms with Crippen LogP contribution in [0.3, 0.4) is 0 Å². The van der Waals surface area contributed by atoms with E-state index in [9.17, 15) is 13.9 Å². The third kappa shape index (κ3) is 5.32. The minimum absolute atomic E-state index is 0.000499. The highest BCUT2D eigenvalue weighted by Crippen LogP contribution is 2.30. The van der Waals surface area contributed by atoms with Crippen molar-refractivity contribution in [1.29, 1.82) is 0 Å². The van der Waals surface area contributed by atoms with E-state index in [0.717, 1.165) is 29.0 Å². The summed E-state index contributed by atoms with van der Waals surface area (Å²) in [4.78, 5) is 8.60. The van der Waals surface area contributed by atoms with Gasteiger partial charge in [0.2, 0.25) is 0 Å². The van der Waals surface area contributed by atoms with E-state index in [2.05, 4.69) is 15.5 Å². The molecule has 0 amide bonds. The van der Waals surface area contributed by atoms with Gasteiger partial charge in [-0.15, -0.1) is 0 Å². The Bertz CT molecular complexity index is 1290. The monoisotopic (exact) mass is 496 g/mol. The third-order valence-electron chi connectivity index (χ3n) is 6.02. The zero-order chi connectivity index (χ0) is 24.4. The van der Waals surface area contributed by atoms with Crippen molar-refractivity contribution in [3.8, 4) is 0 Å². The first-order valence-corrected chi connectivity index (χ1v) is 11.5. The number of aliphatic imine (C=N–C) groups is 1. The SMILES string of the molecule is OC(CN1C=C2CC(=NCc3ccc(Cl)cc3)C=CC2N1)(Cn1cncn1)c1ccc(F)cc1F. The van der Waals surface area contributed by atoms with E-state index >= 15 is 0 Å². The Kier molecular flexibility index (Phi) is 6.46. The van der Waals surface area contributed by atoms with Gasteiger partial charge in [-0.25, -0.2) is 23.9 Å². The smallest absolute Gasteiger partial charge is 0.137 e. The van der Waals surface area contributed by atoms with Gasteiger partial charge in [0.05, 0.1) is 25.7 Å². The average Bonchev–Trinajstić information content (AvgIpc) is 3.47. The van der Waals surface area contributed by atoms with Crippen LogP contribution in [0.1, 0.15) is 17.5 Å². The fourth-order valence-electron chi connectivity index (χ4n) is 4.31. The zero-order valence-electron chi connectivity index (χ0n) is 18.7. The molecule has 3 aromatic rings. The molecule has 2 aliphatic rings. The maximum Gasteiger partial charge on any atom is 0.137 e. The van der Waals surface area contributed by atoms with Crippen LogP contribution in [0.4, 0.5) is 8.78 Å². The van der Waals surface area contributed by atoms with Crippen molar-refractivity contribution in [2.75, 3.05) is 6.54 Å². The Balaban J connectivity index is 1.33. The predicted octanol–water partition coefficient (Wildman–Crippen LogP) is 3.77. The van der Waals surface area contributed by atoms with Crippen molar-refractivity contribution in [2.45, 2.75) is 31.2 Å². The van der Waals surface area contributed by atoms with Crippen LogP contribution in [-0.4, -0.2) is 43.2 Å². The number of nitrogens with one attached hydrogen (secondary N) is 1. The standard InChI is InChI=1S/C25H23ClF2N6O/c26-19-3-1-17(2-4-19)11-30-21-6-8-24-18(9-21)12-33(32-24)13-25(35,14-34-16-29-15-31-34)22-7-5-20(27)10-23(22)28/h1-8,10,12,15-16,24,32,35H,9,11,13-14H2. The molecule has 0 saturated heterocycles. The van der Waals surface area contributed by atoms with E-state index in [0.29, 0.717) is 18.0 Å². The second-order valence-corrected chi connectivity index (χ2v) is 9.09. The number of benzene rings is 2. The number of aliphatic hydroxyl groups is 1. The van der Waals surface area contributed by atoms with Crippen molar-refractivity contribution in [2.24, 2.45) is 4.99 Å². The summed E-state index contributed by atoms with van der Waals surface area (Å²) in [6.45, 7) is 0.485. The van der Waals surface area contributed by atoms with Gasteiger partial charge in [0.1, 0.15) is 29.9 Å². The lowest BCUT2D eigenvalue weighted by Gasteiger charge is -2.33. The predicted molar refractivity (Wildman–Crippen MR) is 128 cm³/mol. The Labute approximate surface area is 206 Å². The molecule has 180 valence electrons. The number of hydrogen-bond donors (Lipinski definition) is 2. The maximum absolute atomic E-state index is 14.7. The normalized spacial score (nSPS) is 20.1. The molecule has 5 rings (SSSR count).